The highest BCUT2D eigenvalue weighted by atomic mass is 16.5. The minimum absolute atomic E-state index is 0.185. The number of aliphatic hydroxyl groups is 3. The van der Waals surface area contributed by atoms with Crippen LogP contribution in [0.15, 0.2) is 138 Å². The van der Waals surface area contributed by atoms with Crippen molar-refractivity contribution < 1.29 is 38.7 Å². The molecule has 4 aromatic carbocycles. The van der Waals surface area contributed by atoms with E-state index in [-0.39, 0.29) is 19.8 Å². The van der Waals surface area contributed by atoms with Crippen LogP contribution in [0.4, 0.5) is 17.5 Å². The van der Waals surface area contributed by atoms with Crippen molar-refractivity contribution in [1.29, 1.82) is 0 Å². The van der Waals surface area contributed by atoms with E-state index in [0.29, 0.717) is 90.7 Å². The van der Waals surface area contributed by atoms with Gasteiger partial charge in [0, 0.05) is 137 Å². The van der Waals surface area contributed by atoms with Gasteiger partial charge in [-0.2, -0.15) is 5.10 Å². The van der Waals surface area contributed by atoms with Gasteiger partial charge in [0.2, 0.25) is 0 Å². The van der Waals surface area contributed by atoms with Crippen LogP contribution in [0.3, 0.4) is 0 Å². The smallest absolute Gasteiger partial charge is 0.163 e. The van der Waals surface area contributed by atoms with Gasteiger partial charge in [-0.05, 0) is 127 Å². The van der Waals surface area contributed by atoms with Gasteiger partial charge in [-0.1, -0.05) is 88.2 Å². The van der Waals surface area contributed by atoms with Gasteiger partial charge in [0.05, 0.1) is 11.9 Å². The number of hydrogen-bond acceptors (Lipinski definition) is 21. The first-order valence-electron chi connectivity index (χ1n) is 35.2. The Labute approximate surface area is 590 Å². The predicted octanol–water partition coefficient (Wildman–Crippen LogP) is 11.0. The van der Waals surface area contributed by atoms with E-state index in [2.05, 4.69) is 82.9 Å². The first-order valence-corrected chi connectivity index (χ1v) is 35.2. The molecule has 5 aromatic heterocycles. The highest BCUT2D eigenvalue weighted by molar-refractivity contribution is 5.83. The van der Waals surface area contributed by atoms with Crippen LogP contribution < -0.4 is 44.9 Å². The van der Waals surface area contributed by atoms with Crippen LogP contribution in [0.25, 0.3) is 67.8 Å². The largest absolute Gasteiger partial charge is 0.491 e. The summed E-state index contributed by atoms with van der Waals surface area (Å²) in [6, 6.07) is 39.5. The van der Waals surface area contributed by atoms with Crippen LogP contribution in [0.2, 0.25) is 0 Å². The number of likely N-dealkylation sites (N-methyl/N-ethyl adjacent to an activating group) is 3. The Morgan fingerprint density at radius 1 is 0.630 bits per heavy atom. The molecule has 0 spiro atoms. The molecule has 2 saturated heterocycles. The average molecular weight is 1360 g/mol. The maximum atomic E-state index is 9.97. The number of aryl methyl sites for hydroxylation is 1. The Kier molecular flexibility index (Phi) is 29.4. The van der Waals surface area contributed by atoms with E-state index in [0.717, 1.165) is 121 Å². The zero-order valence-corrected chi connectivity index (χ0v) is 59.5. The molecule has 9 aromatic rings. The predicted molar refractivity (Wildman–Crippen MR) is 398 cm³/mol. The molecule has 0 radical (unpaired) electrons. The van der Waals surface area contributed by atoms with Crippen molar-refractivity contribution in [2.24, 2.45) is 5.92 Å². The second-order valence-corrected chi connectivity index (χ2v) is 25.9. The molecular formula is C78H102N14O8. The maximum Gasteiger partial charge on any atom is 0.163 e. The van der Waals surface area contributed by atoms with E-state index >= 15 is 0 Å². The molecule has 2 aliphatic heterocycles. The number of anilines is 3. The Bertz CT molecular complexity index is 3940. The van der Waals surface area contributed by atoms with Crippen molar-refractivity contribution in [1.82, 2.24) is 55.6 Å². The van der Waals surface area contributed by atoms with Gasteiger partial charge in [0.15, 0.2) is 23.2 Å². The van der Waals surface area contributed by atoms with E-state index in [1.807, 2.05) is 139 Å². The van der Waals surface area contributed by atoms with Crippen LogP contribution in [0, 0.1) is 18.3 Å². The van der Waals surface area contributed by atoms with E-state index in [1.54, 1.807) is 14.1 Å². The van der Waals surface area contributed by atoms with Crippen LogP contribution in [0.1, 0.15) is 84.3 Å². The van der Waals surface area contributed by atoms with Crippen LogP contribution in [-0.2, 0) is 17.7 Å². The molecule has 11 rings (SSSR count). The molecular weight excluding hydrogens is 1260 g/mol. The number of nitrogens with zero attached hydrogens (tertiary/aromatic N) is 11. The number of furan rings is 1. The number of hydrogen-bond donors (Lipinski definition) is 6. The first-order chi connectivity index (χ1) is 48.7. The molecule has 0 saturated carbocycles. The molecule has 2 fully saturated rings. The Morgan fingerprint density at radius 3 is 1.77 bits per heavy atom. The molecule has 3 unspecified atom stereocenters. The Morgan fingerprint density at radius 2 is 1.20 bits per heavy atom. The summed E-state index contributed by atoms with van der Waals surface area (Å²) in [5.74, 6) is 10.5. The van der Waals surface area contributed by atoms with Crippen molar-refractivity contribution in [3.05, 3.63) is 139 Å². The molecule has 2 aliphatic rings. The van der Waals surface area contributed by atoms with Crippen molar-refractivity contribution in [3.8, 4) is 86.5 Å². The summed E-state index contributed by atoms with van der Waals surface area (Å²) >= 11 is 0. The third kappa shape index (κ3) is 22.7. The fourth-order valence-corrected chi connectivity index (χ4v) is 11.7. The SMILES string of the molecule is C#CCCN(C)c1cc(-c2cc3ccccc3o2)nc(-c2cccc(OCC(O)CNC)c2)n1.CCCCCc1cc(-c2cnn(CC(C)C)c2)nc(-c2cccc(OCC(O)CNC)c2)n1.CNCC(O)COc1cccc(-c2nc(N3CCCCC3)cc(N(C)C3CCOCC3)n2)c1. The number of aromatic nitrogens is 8. The normalized spacial score (nSPS) is 14.1. The summed E-state index contributed by atoms with van der Waals surface area (Å²) in [5, 5.41) is 44.2. The quantitative estimate of drug-likeness (QED) is 0.0169. The number of unbranched alkanes of at least 4 members (excludes halogenated alkanes) is 2. The summed E-state index contributed by atoms with van der Waals surface area (Å²) in [7, 11) is 9.48. The third-order valence-corrected chi connectivity index (χ3v) is 17.1. The van der Waals surface area contributed by atoms with Crippen LogP contribution >= 0.6 is 0 Å². The molecule has 7 heterocycles. The summed E-state index contributed by atoms with van der Waals surface area (Å²) in [6.45, 7) is 13.8. The highest BCUT2D eigenvalue weighted by Gasteiger charge is 2.24. The Hall–Kier alpha value is -9.05. The fraction of sp³-hybridized carbons (Fsp3) is 0.449. The van der Waals surface area contributed by atoms with Crippen molar-refractivity contribution in [2.75, 3.05) is 122 Å². The lowest BCUT2D eigenvalue weighted by Gasteiger charge is -2.33. The first kappa shape index (κ1) is 75.2. The number of para-hydroxylation sites is 1. The summed E-state index contributed by atoms with van der Waals surface area (Å²) in [6.07, 6.45) is 18.4. The number of nitrogens with one attached hydrogen (secondary N) is 3. The van der Waals surface area contributed by atoms with Crippen molar-refractivity contribution in [2.45, 2.75) is 116 Å². The fourth-order valence-electron chi connectivity index (χ4n) is 11.7. The molecule has 3 atom stereocenters. The van der Waals surface area contributed by atoms with E-state index in [9.17, 15) is 15.3 Å². The van der Waals surface area contributed by atoms with Crippen LogP contribution in [0.5, 0.6) is 17.2 Å². The molecule has 100 heavy (non-hydrogen) atoms. The maximum absolute atomic E-state index is 9.97. The molecule has 0 amide bonds. The van der Waals surface area contributed by atoms with Crippen molar-refractivity contribution in [3.63, 3.8) is 0 Å². The lowest BCUT2D eigenvalue weighted by atomic mass is 10.1. The van der Waals surface area contributed by atoms with E-state index < -0.39 is 18.3 Å². The lowest BCUT2D eigenvalue weighted by molar-refractivity contribution is 0.0853. The number of terminal acetylenes is 1. The standard InChI is InChI=1S/C27H28N4O3.C26H37N5O2.C25H37N5O3/c1-4-5-13-31(3)26-16-23(25-15-19-9-6-7-12-24(19)34-25)29-27(30-26)20-10-8-11-22(14-20)33-18-21(32)17-28-2;1-5-6-7-10-22-13-25(21-14-28-31(17-21)16-19(2)3)30-26(29-22)20-9-8-11-24(12-20)33-18-23(32)15-27-4;1-26-17-21(31)18-33-22-8-6-7-19(15-22)25-27-23(29(2)20-9-13-32-14-10-20)16-24(28-25)30-11-4-3-5-12-30/h1,6-12,14-16,21,28,32H,5,13,17-18H2,2-3H3;8-9,11-14,17,19,23,27,32H,5-7,10,15-16,18H2,1-4H3;6-8,15-16,20-21,26,31H,3-5,9-14,17-18H2,1-2H3. The molecule has 22 nitrogen and oxygen atoms in total. The average Bonchev–Trinajstić information content (AvgIpc) is 1.35. The van der Waals surface area contributed by atoms with Crippen LogP contribution in [-0.4, -0.2) is 187 Å². The molecule has 0 bridgehead atoms. The highest BCUT2D eigenvalue weighted by Crippen LogP contribution is 2.34. The van der Waals surface area contributed by atoms with Gasteiger partial charge >= 0.3 is 0 Å². The van der Waals surface area contributed by atoms with Gasteiger partial charge in [-0.15, -0.1) is 12.3 Å². The van der Waals surface area contributed by atoms with Gasteiger partial charge in [0.25, 0.3) is 0 Å². The summed E-state index contributed by atoms with van der Waals surface area (Å²) < 4.78 is 31.0. The molecule has 22 heteroatoms. The number of piperidine rings is 1. The zero-order chi connectivity index (χ0) is 70.6. The molecule has 532 valence electrons. The molecule has 6 N–H and O–H groups in total. The lowest BCUT2D eigenvalue weighted by Crippen LogP contribution is -2.37. The zero-order valence-electron chi connectivity index (χ0n) is 59.5. The number of aliphatic hydroxyl groups excluding tert-OH is 3. The topological polar surface area (TPSA) is 252 Å². The summed E-state index contributed by atoms with van der Waals surface area (Å²) in [4.78, 5) is 36.0. The van der Waals surface area contributed by atoms with Gasteiger partial charge in [0.1, 0.15) is 84.1 Å². The Balaban J connectivity index is 0.000000175. The minimum Gasteiger partial charge on any atom is -0.491 e. The minimum atomic E-state index is -0.599. The van der Waals surface area contributed by atoms with Gasteiger partial charge in [-0.3, -0.25) is 4.68 Å². The van der Waals surface area contributed by atoms with E-state index in [4.69, 9.17) is 59.7 Å². The number of rotatable bonds is 32. The second-order valence-electron chi connectivity index (χ2n) is 25.9. The van der Waals surface area contributed by atoms with E-state index in [1.165, 1.54) is 32.1 Å². The van der Waals surface area contributed by atoms with Crippen molar-refractivity contribution >= 4 is 28.4 Å². The molecule has 0 aliphatic carbocycles. The van der Waals surface area contributed by atoms with Gasteiger partial charge in [-0.25, -0.2) is 29.9 Å². The number of benzene rings is 4. The monoisotopic (exact) mass is 1360 g/mol. The van der Waals surface area contributed by atoms with Gasteiger partial charge < -0.3 is 69.3 Å². The third-order valence-electron chi connectivity index (χ3n) is 17.1. The number of ether oxygens (including phenoxy) is 4. The summed E-state index contributed by atoms with van der Waals surface area (Å²) in [5.41, 5.74) is 7.01. The number of fused-ring (bicyclic) bond motifs is 1. The second kappa shape index (κ2) is 39.1.